The monoisotopic (exact) mass is 266 g/mol. The summed E-state index contributed by atoms with van der Waals surface area (Å²) in [6.45, 7) is 10.3. The summed E-state index contributed by atoms with van der Waals surface area (Å²) in [6, 6.07) is 1.72. The van der Waals surface area contributed by atoms with Crippen molar-refractivity contribution >= 4 is 0 Å². The molecule has 110 valence electrons. The average molecular weight is 266 g/mol. The molecule has 19 heavy (non-hydrogen) atoms. The van der Waals surface area contributed by atoms with Gasteiger partial charge in [-0.05, 0) is 39.0 Å². The average Bonchev–Trinajstić information content (AvgIpc) is 2.72. The highest BCUT2D eigenvalue weighted by atomic mass is 16.5. The molecule has 0 unspecified atom stereocenters. The Bertz CT molecular complexity index is 296. The van der Waals surface area contributed by atoms with Gasteiger partial charge in [-0.2, -0.15) is 0 Å². The van der Waals surface area contributed by atoms with E-state index in [2.05, 4.69) is 23.6 Å². The summed E-state index contributed by atoms with van der Waals surface area (Å²) in [5, 5.41) is 0. The first kappa shape index (κ1) is 13.8. The number of ether oxygens (including phenoxy) is 1. The number of hydrogen-bond donors (Lipinski definition) is 0. The van der Waals surface area contributed by atoms with Crippen molar-refractivity contribution in [2.75, 3.05) is 32.8 Å². The molecule has 3 fully saturated rings. The van der Waals surface area contributed by atoms with Crippen LogP contribution in [-0.2, 0) is 4.74 Å². The van der Waals surface area contributed by atoms with Crippen LogP contribution in [0.5, 0.6) is 0 Å². The fourth-order valence-electron chi connectivity index (χ4n) is 4.54. The fraction of sp³-hybridized carbons (Fsp3) is 1.00. The van der Waals surface area contributed by atoms with Gasteiger partial charge in [0.05, 0.1) is 12.7 Å². The van der Waals surface area contributed by atoms with Crippen LogP contribution < -0.4 is 0 Å². The van der Waals surface area contributed by atoms with Crippen molar-refractivity contribution in [3.05, 3.63) is 0 Å². The Morgan fingerprint density at radius 2 is 1.95 bits per heavy atom. The Morgan fingerprint density at radius 1 is 1.11 bits per heavy atom. The second-order valence-electron chi connectivity index (χ2n) is 6.92. The van der Waals surface area contributed by atoms with Crippen LogP contribution in [0.1, 0.15) is 46.0 Å². The Kier molecular flexibility index (Phi) is 4.45. The van der Waals surface area contributed by atoms with Crippen molar-refractivity contribution < 1.29 is 4.74 Å². The quantitative estimate of drug-likeness (QED) is 0.780. The third-order valence-corrected chi connectivity index (χ3v) is 5.50. The van der Waals surface area contributed by atoms with Crippen LogP contribution in [0.15, 0.2) is 0 Å². The number of rotatable bonds is 3. The number of nitrogens with zero attached hydrogens (tertiary/aromatic N) is 2. The van der Waals surface area contributed by atoms with Gasteiger partial charge in [-0.1, -0.05) is 12.8 Å². The van der Waals surface area contributed by atoms with E-state index in [1.54, 1.807) is 0 Å². The minimum atomic E-state index is 0.423. The Balaban J connectivity index is 1.51. The standard InChI is InChI=1S/C16H30N2O/c1-13-11-15-5-3-4-6-16(15)18(13)8-7-17-9-10-19-14(2)12-17/h13-16H,3-12H2,1-2H3/t13-,14-,15+,16+/m1/s1. The van der Waals surface area contributed by atoms with Gasteiger partial charge in [-0.3, -0.25) is 9.80 Å². The second-order valence-corrected chi connectivity index (χ2v) is 6.92. The molecule has 0 spiro atoms. The number of likely N-dealkylation sites (tertiary alicyclic amines) is 1. The molecule has 4 atom stereocenters. The lowest BCUT2D eigenvalue weighted by Gasteiger charge is -2.36. The molecule has 3 aliphatic rings. The van der Waals surface area contributed by atoms with Crippen LogP contribution in [0.2, 0.25) is 0 Å². The minimum absolute atomic E-state index is 0.423. The molecule has 2 aliphatic heterocycles. The van der Waals surface area contributed by atoms with Crippen molar-refractivity contribution in [2.45, 2.75) is 64.1 Å². The van der Waals surface area contributed by atoms with E-state index in [-0.39, 0.29) is 0 Å². The van der Waals surface area contributed by atoms with E-state index in [1.165, 1.54) is 45.2 Å². The number of fused-ring (bicyclic) bond motifs is 1. The number of morpholine rings is 1. The molecule has 3 rings (SSSR count). The smallest absolute Gasteiger partial charge is 0.0674 e. The summed E-state index contributed by atoms with van der Waals surface area (Å²) in [7, 11) is 0. The maximum absolute atomic E-state index is 5.63. The molecule has 0 aromatic carbocycles. The molecule has 3 nitrogen and oxygen atoms in total. The van der Waals surface area contributed by atoms with Crippen LogP contribution in [0.4, 0.5) is 0 Å². The zero-order valence-electron chi connectivity index (χ0n) is 12.7. The molecule has 2 heterocycles. The Hall–Kier alpha value is -0.120. The van der Waals surface area contributed by atoms with Gasteiger partial charge in [0.1, 0.15) is 0 Å². The van der Waals surface area contributed by atoms with Gasteiger partial charge in [-0.15, -0.1) is 0 Å². The van der Waals surface area contributed by atoms with Crippen LogP contribution in [0, 0.1) is 5.92 Å². The van der Waals surface area contributed by atoms with Crippen molar-refractivity contribution in [2.24, 2.45) is 5.92 Å². The van der Waals surface area contributed by atoms with Crippen LogP contribution in [0.25, 0.3) is 0 Å². The third-order valence-electron chi connectivity index (χ3n) is 5.50. The van der Waals surface area contributed by atoms with Crippen molar-refractivity contribution in [1.82, 2.24) is 9.80 Å². The Morgan fingerprint density at radius 3 is 2.79 bits per heavy atom. The first-order valence-corrected chi connectivity index (χ1v) is 8.33. The van der Waals surface area contributed by atoms with Crippen LogP contribution in [-0.4, -0.2) is 60.8 Å². The first-order valence-electron chi connectivity index (χ1n) is 8.33. The third kappa shape index (κ3) is 3.14. The van der Waals surface area contributed by atoms with Gasteiger partial charge in [0.25, 0.3) is 0 Å². The molecule has 0 radical (unpaired) electrons. The molecule has 1 aliphatic carbocycles. The summed E-state index contributed by atoms with van der Waals surface area (Å²) < 4.78 is 5.63. The highest BCUT2D eigenvalue weighted by Gasteiger charge is 2.39. The molecule has 1 saturated carbocycles. The summed E-state index contributed by atoms with van der Waals surface area (Å²) >= 11 is 0. The van der Waals surface area contributed by atoms with E-state index in [9.17, 15) is 0 Å². The van der Waals surface area contributed by atoms with E-state index in [1.807, 2.05) is 0 Å². The molecule has 2 saturated heterocycles. The highest BCUT2D eigenvalue weighted by Crippen LogP contribution is 2.39. The normalized spacial score (nSPS) is 41.4. The molecule has 0 N–H and O–H groups in total. The Labute approximate surface area is 118 Å². The van der Waals surface area contributed by atoms with E-state index < -0.39 is 0 Å². The van der Waals surface area contributed by atoms with Gasteiger partial charge < -0.3 is 4.74 Å². The van der Waals surface area contributed by atoms with Gasteiger partial charge in [0.2, 0.25) is 0 Å². The summed E-state index contributed by atoms with van der Waals surface area (Å²) in [6.07, 6.45) is 7.74. The molecule has 0 amide bonds. The van der Waals surface area contributed by atoms with Gasteiger partial charge in [0, 0.05) is 38.3 Å². The topological polar surface area (TPSA) is 15.7 Å². The fourth-order valence-corrected chi connectivity index (χ4v) is 4.54. The lowest BCUT2D eigenvalue weighted by atomic mass is 9.85. The molecule has 0 bridgehead atoms. The van der Waals surface area contributed by atoms with Crippen molar-refractivity contribution in [3.63, 3.8) is 0 Å². The van der Waals surface area contributed by atoms with E-state index in [0.717, 1.165) is 37.7 Å². The van der Waals surface area contributed by atoms with Crippen molar-refractivity contribution in [1.29, 1.82) is 0 Å². The lowest BCUT2D eigenvalue weighted by molar-refractivity contribution is -0.0224. The molecule has 0 aromatic heterocycles. The van der Waals surface area contributed by atoms with Gasteiger partial charge in [0.15, 0.2) is 0 Å². The molecule has 3 heteroatoms. The molecule has 0 aromatic rings. The summed E-state index contributed by atoms with van der Waals surface area (Å²) in [5.41, 5.74) is 0. The van der Waals surface area contributed by atoms with E-state index in [4.69, 9.17) is 4.74 Å². The maximum Gasteiger partial charge on any atom is 0.0674 e. The zero-order valence-corrected chi connectivity index (χ0v) is 12.7. The van der Waals surface area contributed by atoms with Gasteiger partial charge in [-0.25, -0.2) is 0 Å². The summed E-state index contributed by atoms with van der Waals surface area (Å²) in [5.74, 6) is 1.01. The minimum Gasteiger partial charge on any atom is -0.376 e. The molecular formula is C16H30N2O. The zero-order chi connectivity index (χ0) is 13.2. The van der Waals surface area contributed by atoms with E-state index >= 15 is 0 Å². The SMILES string of the molecule is C[C@@H]1CN(CCN2[C@H](C)C[C@@H]3CCCC[C@@H]32)CCO1. The number of hydrogen-bond acceptors (Lipinski definition) is 3. The van der Waals surface area contributed by atoms with Crippen molar-refractivity contribution in [3.8, 4) is 0 Å². The summed E-state index contributed by atoms with van der Waals surface area (Å²) in [4.78, 5) is 5.42. The molecular weight excluding hydrogens is 236 g/mol. The predicted octanol–water partition coefficient (Wildman–Crippen LogP) is 2.36. The second kappa shape index (κ2) is 6.11. The van der Waals surface area contributed by atoms with Crippen LogP contribution >= 0.6 is 0 Å². The highest BCUT2D eigenvalue weighted by molar-refractivity contribution is 4.94. The lowest BCUT2D eigenvalue weighted by Crippen LogP contribution is -2.47. The maximum atomic E-state index is 5.63. The van der Waals surface area contributed by atoms with Gasteiger partial charge >= 0.3 is 0 Å². The predicted molar refractivity (Wildman–Crippen MR) is 78.4 cm³/mol. The van der Waals surface area contributed by atoms with E-state index in [0.29, 0.717) is 6.10 Å². The largest absolute Gasteiger partial charge is 0.376 e. The van der Waals surface area contributed by atoms with Crippen LogP contribution in [0.3, 0.4) is 0 Å². The first-order chi connectivity index (χ1) is 9.24.